The van der Waals surface area contributed by atoms with E-state index in [1.54, 1.807) is 13.8 Å². The lowest BCUT2D eigenvalue weighted by atomic mass is 9.99. The Labute approximate surface area is 136 Å². The number of urea groups is 1. The van der Waals surface area contributed by atoms with Crippen molar-refractivity contribution >= 4 is 11.9 Å². The SMILES string of the molecule is CC1(C)NC(=O)N(Cc2ccccc2Cc2ccccc2)C1=O. The summed E-state index contributed by atoms with van der Waals surface area (Å²) in [6, 6.07) is 17.8. The van der Waals surface area contributed by atoms with Crippen molar-refractivity contribution < 1.29 is 9.59 Å². The molecule has 2 aromatic carbocycles. The van der Waals surface area contributed by atoms with Gasteiger partial charge in [0.1, 0.15) is 5.54 Å². The van der Waals surface area contributed by atoms with Crippen LogP contribution in [0.1, 0.15) is 30.5 Å². The number of rotatable bonds is 4. The molecule has 0 atom stereocenters. The van der Waals surface area contributed by atoms with Crippen LogP contribution in [0.2, 0.25) is 0 Å². The zero-order valence-corrected chi connectivity index (χ0v) is 13.4. The van der Waals surface area contributed by atoms with Crippen LogP contribution in [0.3, 0.4) is 0 Å². The molecule has 1 fully saturated rings. The first-order valence-electron chi connectivity index (χ1n) is 7.72. The van der Waals surface area contributed by atoms with Crippen LogP contribution >= 0.6 is 0 Å². The number of hydrogen-bond donors (Lipinski definition) is 1. The summed E-state index contributed by atoms with van der Waals surface area (Å²) in [4.78, 5) is 25.7. The van der Waals surface area contributed by atoms with Gasteiger partial charge in [0, 0.05) is 0 Å². The Morgan fingerprint density at radius 3 is 2.13 bits per heavy atom. The number of nitrogens with one attached hydrogen (secondary N) is 1. The second-order valence-corrected chi connectivity index (χ2v) is 6.38. The van der Waals surface area contributed by atoms with Gasteiger partial charge >= 0.3 is 6.03 Å². The van der Waals surface area contributed by atoms with Gasteiger partial charge in [0.05, 0.1) is 6.54 Å². The highest BCUT2D eigenvalue weighted by atomic mass is 16.2. The zero-order valence-electron chi connectivity index (χ0n) is 13.4. The molecular formula is C19H20N2O2. The maximum atomic E-state index is 12.4. The number of imide groups is 1. The van der Waals surface area contributed by atoms with Crippen LogP contribution in [-0.2, 0) is 17.8 Å². The summed E-state index contributed by atoms with van der Waals surface area (Å²) in [6.45, 7) is 3.75. The minimum absolute atomic E-state index is 0.183. The average molecular weight is 308 g/mol. The van der Waals surface area contributed by atoms with Gasteiger partial charge in [0.25, 0.3) is 5.91 Å². The van der Waals surface area contributed by atoms with Crippen molar-refractivity contribution in [2.24, 2.45) is 0 Å². The molecule has 0 radical (unpaired) electrons. The minimum atomic E-state index is -0.828. The molecule has 1 aliphatic heterocycles. The van der Waals surface area contributed by atoms with Crippen LogP contribution in [0.15, 0.2) is 54.6 Å². The Bertz CT molecular complexity index is 738. The number of carbonyl (C=O) groups is 2. The van der Waals surface area contributed by atoms with Crippen molar-refractivity contribution in [2.45, 2.75) is 32.4 Å². The number of amides is 3. The fraction of sp³-hybridized carbons (Fsp3) is 0.263. The standard InChI is InChI=1S/C19H20N2O2/c1-19(2)17(22)21(18(23)20-19)13-16-11-7-6-10-15(16)12-14-8-4-3-5-9-14/h3-11H,12-13H2,1-2H3,(H,20,23). The molecular weight excluding hydrogens is 288 g/mol. The molecule has 1 saturated heterocycles. The Morgan fingerprint density at radius 2 is 1.52 bits per heavy atom. The lowest BCUT2D eigenvalue weighted by Gasteiger charge is -2.18. The van der Waals surface area contributed by atoms with Gasteiger partial charge in [0.2, 0.25) is 0 Å². The van der Waals surface area contributed by atoms with Gasteiger partial charge in [0.15, 0.2) is 0 Å². The number of nitrogens with zero attached hydrogens (tertiary/aromatic N) is 1. The van der Waals surface area contributed by atoms with Crippen LogP contribution in [-0.4, -0.2) is 22.4 Å². The Hall–Kier alpha value is -2.62. The van der Waals surface area contributed by atoms with Crippen molar-refractivity contribution in [2.75, 3.05) is 0 Å². The molecule has 0 saturated carbocycles. The Morgan fingerprint density at radius 1 is 0.913 bits per heavy atom. The second kappa shape index (κ2) is 5.88. The van der Waals surface area contributed by atoms with Crippen LogP contribution in [0.25, 0.3) is 0 Å². The van der Waals surface area contributed by atoms with Gasteiger partial charge in [-0.15, -0.1) is 0 Å². The highest BCUT2D eigenvalue weighted by molar-refractivity contribution is 6.06. The third-order valence-corrected chi connectivity index (χ3v) is 4.13. The number of carbonyl (C=O) groups excluding carboxylic acids is 2. The van der Waals surface area contributed by atoms with Crippen molar-refractivity contribution in [3.05, 3.63) is 71.3 Å². The predicted octanol–water partition coefficient (Wildman–Crippen LogP) is 3.11. The molecule has 0 aromatic heterocycles. The predicted molar refractivity (Wildman–Crippen MR) is 88.9 cm³/mol. The van der Waals surface area contributed by atoms with Crippen LogP contribution < -0.4 is 5.32 Å². The molecule has 3 rings (SSSR count). The van der Waals surface area contributed by atoms with E-state index in [9.17, 15) is 9.59 Å². The fourth-order valence-corrected chi connectivity index (χ4v) is 2.83. The first-order valence-corrected chi connectivity index (χ1v) is 7.72. The second-order valence-electron chi connectivity index (χ2n) is 6.38. The quantitative estimate of drug-likeness (QED) is 0.882. The molecule has 0 unspecified atom stereocenters. The van der Waals surface area contributed by atoms with Gasteiger partial charge in [-0.1, -0.05) is 54.6 Å². The summed E-state index contributed by atoms with van der Waals surface area (Å²) in [5.74, 6) is -0.183. The topological polar surface area (TPSA) is 49.4 Å². The van der Waals surface area contributed by atoms with E-state index in [0.29, 0.717) is 6.54 Å². The lowest BCUT2D eigenvalue weighted by molar-refractivity contribution is -0.130. The van der Waals surface area contributed by atoms with Gasteiger partial charge < -0.3 is 5.32 Å². The van der Waals surface area contributed by atoms with E-state index in [1.807, 2.05) is 42.5 Å². The molecule has 1 heterocycles. The van der Waals surface area contributed by atoms with Gasteiger partial charge in [-0.2, -0.15) is 0 Å². The lowest BCUT2D eigenvalue weighted by Crippen LogP contribution is -2.40. The maximum absolute atomic E-state index is 12.4. The molecule has 2 aromatic rings. The number of hydrogen-bond acceptors (Lipinski definition) is 2. The summed E-state index contributed by atoms with van der Waals surface area (Å²) >= 11 is 0. The maximum Gasteiger partial charge on any atom is 0.325 e. The summed E-state index contributed by atoms with van der Waals surface area (Å²) < 4.78 is 0. The van der Waals surface area contributed by atoms with E-state index in [0.717, 1.165) is 17.5 Å². The van der Waals surface area contributed by atoms with E-state index in [1.165, 1.54) is 10.5 Å². The Kier molecular flexibility index (Phi) is 3.90. The molecule has 23 heavy (non-hydrogen) atoms. The van der Waals surface area contributed by atoms with Gasteiger partial charge in [-0.3, -0.25) is 9.69 Å². The van der Waals surface area contributed by atoms with Crippen molar-refractivity contribution in [1.82, 2.24) is 10.2 Å². The zero-order chi connectivity index (χ0) is 16.4. The average Bonchev–Trinajstić information content (AvgIpc) is 2.72. The molecule has 1 N–H and O–H groups in total. The third kappa shape index (κ3) is 3.11. The number of benzene rings is 2. The van der Waals surface area contributed by atoms with E-state index >= 15 is 0 Å². The monoisotopic (exact) mass is 308 g/mol. The summed E-state index contributed by atoms with van der Waals surface area (Å²) in [5.41, 5.74) is 2.50. The van der Waals surface area contributed by atoms with Crippen LogP contribution in [0, 0.1) is 0 Å². The van der Waals surface area contributed by atoms with Crippen molar-refractivity contribution in [3.8, 4) is 0 Å². The van der Waals surface area contributed by atoms with E-state index in [-0.39, 0.29) is 11.9 Å². The van der Waals surface area contributed by atoms with E-state index < -0.39 is 5.54 Å². The summed E-state index contributed by atoms with van der Waals surface area (Å²) in [7, 11) is 0. The van der Waals surface area contributed by atoms with Crippen LogP contribution in [0.4, 0.5) is 4.79 Å². The summed E-state index contributed by atoms with van der Waals surface area (Å²) in [6.07, 6.45) is 0.782. The third-order valence-electron chi connectivity index (χ3n) is 4.13. The highest BCUT2D eigenvalue weighted by Gasteiger charge is 2.44. The molecule has 4 nitrogen and oxygen atoms in total. The first-order chi connectivity index (χ1) is 11.0. The minimum Gasteiger partial charge on any atom is -0.324 e. The Balaban J connectivity index is 1.84. The normalized spacial score (nSPS) is 16.5. The molecule has 0 bridgehead atoms. The molecule has 118 valence electrons. The largest absolute Gasteiger partial charge is 0.325 e. The van der Waals surface area contributed by atoms with Crippen molar-refractivity contribution in [1.29, 1.82) is 0 Å². The molecule has 0 spiro atoms. The smallest absolute Gasteiger partial charge is 0.324 e. The molecule has 3 amide bonds. The van der Waals surface area contributed by atoms with Crippen LogP contribution in [0.5, 0.6) is 0 Å². The molecule has 0 aliphatic carbocycles. The van der Waals surface area contributed by atoms with Gasteiger partial charge in [-0.05, 0) is 37.0 Å². The first kappa shape index (κ1) is 15.3. The van der Waals surface area contributed by atoms with E-state index in [4.69, 9.17) is 0 Å². The van der Waals surface area contributed by atoms with Gasteiger partial charge in [-0.25, -0.2) is 4.79 Å². The molecule has 1 aliphatic rings. The van der Waals surface area contributed by atoms with E-state index in [2.05, 4.69) is 17.4 Å². The van der Waals surface area contributed by atoms with Crippen molar-refractivity contribution in [3.63, 3.8) is 0 Å². The molecule has 4 heteroatoms. The summed E-state index contributed by atoms with van der Waals surface area (Å²) in [5, 5.41) is 2.72. The highest BCUT2D eigenvalue weighted by Crippen LogP contribution is 2.22. The fourth-order valence-electron chi connectivity index (χ4n) is 2.83.